The van der Waals surface area contributed by atoms with E-state index in [1.165, 1.54) is 56.7 Å². The normalized spacial score (nSPS) is 12.7. The van der Waals surface area contributed by atoms with E-state index in [9.17, 15) is 9.90 Å². The Morgan fingerprint density at radius 1 is 0.947 bits per heavy atom. The number of aliphatic carboxylic acids is 1. The van der Waals surface area contributed by atoms with Crippen molar-refractivity contribution in [1.29, 1.82) is 0 Å². The van der Waals surface area contributed by atoms with Crippen LogP contribution in [0.1, 0.15) is 66.2 Å². The first-order valence-corrected chi connectivity index (χ1v) is 10.6. The summed E-state index contributed by atoms with van der Waals surface area (Å²) in [5.74, 6) is -0.735. The van der Waals surface area contributed by atoms with Gasteiger partial charge in [0.1, 0.15) is 0 Å². The molecule has 3 heteroatoms. The molecule has 0 aromatic rings. The van der Waals surface area contributed by atoms with E-state index in [-0.39, 0.29) is 0 Å². The maximum atomic E-state index is 11.2. The lowest BCUT2D eigenvalue weighted by Gasteiger charge is -2.29. The van der Waals surface area contributed by atoms with E-state index < -0.39 is 14.0 Å². The monoisotopic (exact) mass is 284 g/mol. The largest absolute Gasteiger partial charge is 0.478 e. The Labute approximate surface area is 120 Å². The highest BCUT2D eigenvalue weighted by molar-refractivity contribution is 6.84. The van der Waals surface area contributed by atoms with E-state index >= 15 is 0 Å². The lowest BCUT2D eigenvalue weighted by molar-refractivity contribution is -0.132. The second-order valence-electron chi connectivity index (χ2n) is 5.81. The lowest BCUT2D eigenvalue weighted by atomic mass is 10.4. The Morgan fingerprint density at radius 3 is 1.58 bits per heavy atom. The second-order valence-corrected chi connectivity index (χ2v) is 10.3. The number of carbonyl (C=O) groups is 1. The minimum Gasteiger partial charge on any atom is -0.478 e. The number of carboxylic acid groups (broad SMARTS) is 1. The average molecular weight is 285 g/mol. The molecule has 0 aliphatic carbocycles. The summed E-state index contributed by atoms with van der Waals surface area (Å²) < 4.78 is 0. The third-order valence-electron chi connectivity index (χ3n) is 3.94. The maximum Gasteiger partial charge on any atom is 0.330 e. The first kappa shape index (κ1) is 18.4. The highest BCUT2D eigenvalue weighted by atomic mass is 28.3. The predicted octanol–water partition coefficient (Wildman–Crippen LogP) is 5.41. The molecule has 0 fully saturated rings. The molecule has 0 amide bonds. The molecule has 0 bridgehead atoms. The zero-order valence-electron chi connectivity index (χ0n) is 13.3. The highest BCUT2D eigenvalue weighted by Gasteiger charge is 2.29. The Morgan fingerprint density at radius 2 is 1.32 bits per heavy atom. The summed E-state index contributed by atoms with van der Waals surface area (Å²) in [5, 5.41) is 9.18. The Hall–Kier alpha value is -0.573. The van der Waals surface area contributed by atoms with E-state index in [2.05, 4.69) is 26.5 Å². The van der Waals surface area contributed by atoms with Gasteiger partial charge in [0.2, 0.25) is 0 Å². The van der Waals surface area contributed by atoms with Crippen LogP contribution in [-0.4, -0.2) is 19.1 Å². The SMILES string of the molecule is CCCC[Si](C=C(C)C(=O)O)(CCCC)CCCC. The van der Waals surface area contributed by atoms with Crippen molar-refractivity contribution in [2.24, 2.45) is 0 Å². The minimum absolute atomic E-state index is 0.579. The first-order valence-electron chi connectivity index (χ1n) is 7.94. The van der Waals surface area contributed by atoms with Gasteiger partial charge in [0.15, 0.2) is 0 Å². The van der Waals surface area contributed by atoms with Crippen molar-refractivity contribution in [3.63, 3.8) is 0 Å². The van der Waals surface area contributed by atoms with Crippen LogP contribution in [0.15, 0.2) is 11.3 Å². The van der Waals surface area contributed by atoms with Gasteiger partial charge in [-0.2, -0.15) is 0 Å². The molecule has 0 aliphatic rings. The van der Waals surface area contributed by atoms with Crippen LogP contribution in [0.5, 0.6) is 0 Å². The third-order valence-corrected chi connectivity index (χ3v) is 9.04. The molecular weight excluding hydrogens is 252 g/mol. The molecule has 0 unspecified atom stereocenters. The summed E-state index contributed by atoms with van der Waals surface area (Å²) in [5.41, 5.74) is 2.78. The summed E-state index contributed by atoms with van der Waals surface area (Å²) in [6.07, 6.45) is 7.40. The average Bonchev–Trinajstić information content (AvgIpc) is 2.40. The van der Waals surface area contributed by atoms with Gasteiger partial charge in [-0.05, 0) is 6.92 Å². The van der Waals surface area contributed by atoms with Crippen molar-refractivity contribution < 1.29 is 9.90 Å². The van der Waals surface area contributed by atoms with Crippen molar-refractivity contribution >= 4 is 14.0 Å². The number of rotatable bonds is 11. The van der Waals surface area contributed by atoms with Crippen molar-refractivity contribution in [2.75, 3.05) is 0 Å². The molecule has 0 saturated carbocycles. The summed E-state index contributed by atoms with van der Waals surface area (Å²) in [4.78, 5) is 11.2. The first-order chi connectivity index (χ1) is 9.01. The zero-order valence-corrected chi connectivity index (χ0v) is 14.3. The van der Waals surface area contributed by atoms with Gasteiger partial charge in [-0.1, -0.05) is 83.1 Å². The Kier molecular flexibility index (Phi) is 9.93. The molecule has 0 saturated heterocycles. The number of hydrogen-bond donors (Lipinski definition) is 1. The van der Waals surface area contributed by atoms with Crippen LogP contribution in [0.4, 0.5) is 0 Å². The molecular formula is C16H32O2Si. The van der Waals surface area contributed by atoms with Gasteiger partial charge in [-0.15, -0.1) is 0 Å². The van der Waals surface area contributed by atoms with Gasteiger partial charge in [-0.3, -0.25) is 0 Å². The summed E-state index contributed by atoms with van der Waals surface area (Å²) in [6.45, 7) is 8.46. The summed E-state index contributed by atoms with van der Waals surface area (Å²) in [6, 6.07) is 3.82. The molecule has 2 nitrogen and oxygen atoms in total. The molecule has 0 aromatic heterocycles. The minimum atomic E-state index is -1.53. The summed E-state index contributed by atoms with van der Waals surface area (Å²) in [7, 11) is -1.53. The molecule has 112 valence electrons. The molecule has 0 atom stereocenters. The number of unbranched alkanes of at least 4 members (excludes halogenated alkanes) is 3. The van der Waals surface area contributed by atoms with Gasteiger partial charge in [-0.25, -0.2) is 4.79 Å². The highest BCUT2D eigenvalue weighted by Crippen LogP contribution is 2.30. The van der Waals surface area contributed by atoms with E-state index in [0.717, 1.165) is 0 Å². The van der Waals surface area contributed by atoms with Gasteiger partial charge in [0.25, 0.3) is 0 Å². The van der Waals surface area contributed by atoms with Crippen LogP contribution in [0.3, 0.4) is 0 Å². The van der Waals surface area contributed by atoms with Crippen LogP contribution in [0.25, 0.3) is 0 Å². The van der Waals surface area contributed by atoms with E-state index in [1.54, 1.807) is 6.92 Å². The van der Waals surface area contributed by atoms with Crippen LogP contribution in [0.2, 0.25) is 18.1 Å². The fourth-order valence-corrected chi connectivity index (χ4v) is 8.10. The van der Waals surface area contributed by atoms with E-state index in [0.29, 0.717) is 5.57 Å². The van der Waals surface area contributed by atoms with E-state index in [1.807, 2.05) is 0 Å². The quantitative estimate of drug-likeness (QED) is 0.407. The Bertz CT molecular complexity index is 263. The van der Waals surface area contributed by atoms with Crippen LogP contribution in [-0.2, 0) is 4.79 Å². The lowest BCUT2D eigenvalue weighted by Crippen LogP contribution is -2.33. The second kappa shape index (κ2) is 10.2. The molecule has 0 radical (unpaired) electrons. The topological polar surface area (TPSA) is 37.3 Å². The Balaban J connectivity index is 5.07. The van der Waals surface area contributed by atoms with Gasteiger partial charge in [0, 0.05) is 5.57 Å². The van der Waals surface area contributed by atoms with Crippen molar-refractivity contribution in [3.05, 3.63) is 11.3 Å². The third kappa shape index (κ3) is 7.56. The number of carboxylic acids is 1. The standard InChI is InChI=1S/C16H32O2Si/c1-5-8-11-19(12-9-6-2,13-10-7-3)14-15(4)16(17)18/h14H,5-13H2,1-4H3,(H,17,18). The molecule has 0 aromatic carbocycles. The van der Waals surface area contributed by atoms with Crippen LogP contribution < -0.4 is 0 Å². The van der Waals surface area contributed by atoms with Crippen LogP contribution >= 0.6 is 0 Å². The smallest absolute Gasteiger partial charge is 0.330 e. The van der Waals surface area contributed by atoms with Gasteiger partial charge >= 0.3 is 5.97 Å². The molecule has 0 spiro atoms. The molecule has 0 aliphatic heterocycles. The van der Waals surface area contributed by atoms with Crippen molar-refractivity contribution in [3.8, 4) is 0 Å². The maximum absolute atomic E-state index is 11.2. The van der Waals surface area contributed by atoms with Crippen molar-refractivity contribution in [1.82, 2.24) is 0 Å². The molecule has 0 heterocycles. The summed E-state index contributed by atoms with van der Waals surface area (Å²) >= 11 is 0. The number of hydrogen-bond acceptors (Lipinski definition) is 1. The fourth-order valence-electron chi connectivity index (χ4n) is 2.70. The molecule has 0 rings (SSSR count). The predicted molar refractivity (Wildman–Crippen MR) is 86.3 cm³/mol. The van der Waals surface area contributed by atoms with Gasteiger partial charge < -0.3 is 5.11 Å². The van der Waals surface area contributed by atoms with Crippen LogP contribution in [0, 0.1) is 0 Å². The van der Waals surface area contributed by atoms with Gasteiger partial charge in [0.05, 0.1) is 8.07 Å². The zero-order chi connectivity index (χ0) is 14.7. The molecule has 1 N–H and O–H groups in total. The fraction of sp³-hybridized carbons (Fsp3) is 0.812. The molecule has 19 heavy (non-hydrogen) atoms. The van der Waals surface area contributed by atoms with E-state index in [4.69, 9.17) is 0 Å². The van der Waals surface area contributed by atoms with Crippen molar-refractivity contribution in [2.45, 2.75) is 84.4 Å².